The third kappa shape index (κ3) is 4.71. The molecule has 0 saturated carbocycles. The molecule has 43 heavy (non-hydrogen) atoms. The molecular formula is C35H42N2O6. The van der Waals surface area contributed by atoms with Crippen LogP contribution in [0.1, 0.15) is 49.4 Å². The predicted octanol–water partition coefficient (Wildman–Crippen LogP) is 4.69. The zero-order chi connectivity index (χ0) is 31.1. The highest BCUT2D eigenvalue weighted by molar-refractivity contribution is 6.05. The lowest BCUT2D eigenvalue weighted by molar-refractivity contribution is -0.162. The van der Waals surface area contributed by atoms with Crippen LogP contribution in [0.15, 0.2) is 73.8 Å². The fourth-order valence-electron chi connectivity index (χ4n) is 7.81. The number of fused-ring (bicyclic) bond motifs is 1. The van der Waals surface area contributed by atoms with Crippen molar-refractivity contribution in [2.75, 3.05) is 24.7 Å². The molecule has 5 rings (SSSR count). The molecular weight excluding hydrogens is 544 g/mol. The van der Waals surface area contributed by atoms with Crippen molar-refractivity contribution in [2.24, 2.45) is 17.8 Å². The first-order valence-corrected chi connectivity index (χ1v) is 15.0. The van der Waals surface area contributed by atoms with Crippen LogP contribution in [-0.2, 0) is 23.9 Å². The van der Waals surface area contributed by atoms with E-state index in [-0.39, 0.29) is 30.9 Å². The van der Waals surface area contributed by atoms with E-state index >= 15 is 4.79 Å². The molecule has 8 nitrogen and oxygen atoms in total. The topological polar surface area (TPSA) is 96.4 Å². The van der Waals surface area contributed by atoms with Gasteiger partial charge in [-0.25, -0.2) is 0 Å². The number of amides is 2. The van der Waals surface area contributed by atoms with Crippen molar-refractivity contribution in [3.8, 4) is 0 Å². The molecule has 1 N–H and O–H groups in total. The Hall–Kier alpha value is -3.75. The first-order chi connectivity index (χ1) is 20.6. The van der Waals surface area contributed by atoms with Gasteiger partial charge in [0, 0.05) is 12.2 Å². The Morgan fingerprint density at radius 3 is 2.42 bits per heavy atom. The molecule has 2 aromatic rings. The Balaban J connectivity index is 1.69. The number of hydrogen-bond donors (Lipinski definition) is 1. The second kappa shape index (κ2) is 11.7. The highest BCUT2D eigenvalue weighted by atomic mass is 16.6. The molecule has 3 fully saturated rings. The van der Waals surface area contributed by atoms with Crippen molar-refractivity contribution >= 4 is 23.5 Å². The standard InChI is InChI=1S/C35H42N2O6/c1-7-9-19-42-33(41)28-27-31(39)37(26(21-38)25-16-11-10-12-17-25)30(35(27)20-24(5)34(28,6)43-35)32(40)36(18-8-2)29-22(3)14-13-15-23(29)4/h7-8,10-17,24,26-28,30,38H,1-2,9,18-21H2,3-6H3/t24?,26-,27+,28+,30?,34-,35?/m1/s1. The molecule has 2 aromatic carbocycles. The van der Waals surface area contributed by atoms with Gasteiger partial charge in [-0.1, -0.05) is 67.6 Å². The van der Waals surface area contributed by atoms with Crippen LogP contribution in [0.2, 0.25) is 0 Å². The number of aliphatic hydroxyl groups is 1. The van der Waals surface area contributed by atoms with Crippen molar-refractivity contribution in [3.63, 3.8) is 0 Å². The summed E-state index contributed by atoms with van der Waals surface area (Å²) in [5.41, 5.74) is 0.952. The van der Waals surface area contributed by atoms with Crippen LogP contribution in [0.3, 0.4) is 0 Å². The maximum atomic E-state index is 15.1. The van der Waals surface area contributed by atoms with Crippen molar-refractivity contribution in [3.05, 3.63) is 90.5 Å². The van der Waals surface area contributed by atoms with Crippen LogP contribution in [0.5, 0.6) is 0 Å². The van der Waals surface area contributed by atoms with Crippen molar-refractivity contribution in [2.45, 2.75) is 63.8 Å². The van der Waals surface area contributed by atoms with Gasteiger partial charge >= 0.3 is 5.97 Å². The average Bonchev–Trinajstić information content (AvgIpc) is 3.50. The van der Waals surface area contributed by atoms with Gasteiger partial charge in [-0.2, -0.15) is 0 Å². The van der Waals surface area contributed by atoms with Crippen LogP contribution in [-0.4, -0.2) is 64.8 Å². The second-order valence-electron chi connectivity index (χ2n) is 12.3. The second-order valence-corrected chi connectivity index (χ2v) is 12.3. The highest BCUT2D eigenvalue weighted by Crippen LogP contribution is 2.66. The van der Waals surface area contributed by atoms with Crippen LogP contribution in [0.25, 0.3) is 0 Å². The van der Waals surface area contributed by atoms with Gasteiger partial charge in [-0.05, 0) is 56.2 Å². The number of nitrogens with zero attached hydrogens (tertiary/aromatic N) is 2. The summed E-state index contributed by atoms with van der Waals surface area (Å²) in [7, 11) is 0. The predicted molar refractivity (Wildman–Crippen MR) is 164 cm³/mol. The van der Waals surface area contributed by atoms with Crippen molar-refractivity contribution in [1.82, 2.24) is 4.90 Å². The van der Waals surface area contributed by atoms with Gasteiger partial charge in [0.2, 0.25) is 5.91 Å². The minimum absolute atomic E-state index is 0.138. The first-order valence-electron chi connectivity index (χ1n) is 15.0. The molecule has 0 radical (unpaired) electrons. The summed E-state index contributed by atoms with van der Waals surface area (Å²) < 4.78 is 12.5. The number of carbonyl (C=O) groups excluding carboxylic acids is 3. The SMILES string of the molecule is C=CCCOC(=O)[C@@H]1[C@H]2C(=O)N([C@H](CO)c3ccccc3)C(C(=O)N(CC=C)c3c(C)cccc3C)C23CC(C)[C@@]1(C)O3. The molecule has 3 aliphatic heterocycles. The normalized spacial score (nSPS) is 29.7. The van der Waals surface area contributed by atoms with Crippen LogP contribution in [0, 0.1) is 31.6 Å². The minimum Gasteiger partial charge on any atom is -0.465 e. The smallest absolute Gasteiger partial charge is 0.312 e. The van der Waals surface area contributed by atoms with E-state index in [1.807, 2.05) is 76.2 Å². The number of benzene rings is 2. The Morgan fingerprint density at radius 1 is 1.14 bits per heavy atom. The Morgan fingerprint density at radius 2 is 1.81 bits per heavy atom. The van der Waals surface area contributed by atoms with E-state index in [9.17, 15) is 14.7 Å². The fourth-order valence-corrected chi connectivity index (χ4v) is 7.81. The molecule has 1 spiro atoms. The molecule has 7 atom stereocenters. The molecule has 3 saturated heterocycles. The maximum Gasteiger partial charge on any atom is 0.312 e. The molecule has 2 bridgehead atoms. The summed E-state index contributed by atoms with van der Waals surface area (Å²) in [6.45, 7) is 15.3. The summed E-state index contributed by atoms with van der Waals surface area (Å²) in [5, 5.41) is 10.8. The number of para-hydroxylation sites is 1. The van der Waals surface area contributed by atoms with E-state index in [2.05, 4.69) is 13.2 Å². The number of ether oxygens (including phenoxy) is 2. The summed E-state index contributed by atoms with van der Waals surface area (Å²) in [5.74, 6) is -3.22. The summed E-state index contributed by atoms with van der Waals surface area (Å²) in [6.07, 6.45) is 4.22. The lowest BCUT2D eigenvalue weighted by Gasteiger charge is -2.40. The van der Waals surface area contributed by atoms with Crippen molar-refractivity contribution in [1.29, 1.82) is 0 Å². The van der Waals surface area contributed by atoms with Gasteiger partial charge in [-0.3, -0.25) is 14.4 Å². The molecule has 0 aromatic heterocycles. The number of esters is 1. The molecule has 8 heteroatoms. The molecule has 3 unspecified atom stereocenters. The quantitative estimate of drug-likeness (QED) is 0.233. The third-order valence-corrected chi connectivity index (χ3v) is 9.79. The number of hydrogen-bond acceptors (Lipinski definition) is 6. The lowest BCUT2D eigenvalue weighted by atomic mass is 9.62. The van der Waals surface area contributed by atoms with Gasteiger partial charge < -0.3 is 24.4 Å². The van der Waals surface area contributed by atoms with Crippen LogP contribution < -0.4 is 4.90 Å². The monoisotopic (exact) mass is 586 g/mol. The summed E-state index contributed by atoms with van der Waals surface area (Å²) >= 11 is 0. The largest absolute Gasteiger partial charge is 0.465 e. The van der Waals surface area contributed by atoms with E-state index in [0.29, 0.717) is 18.4 Å². The van der Waals surface area contributed by atoms with Gasteiger partial charge in [0.25, 0.3) is 5.91 Å². The Kier molecular flexibility index (Phi) is 8.38. The number of aliphatic hydroxyl groups excluding tert-OH is 1. The molecule has 0 aliphatic carbocycles. The van der Waals surface area contributed by atoms with E-state index in [0.717, 1.165) is 16.8 Å². The molecule has 3 heterocycles. The summed E-state index contributed by atoms with van der Waals surface area (Å²) in [4.78, 5) is 46.7. The molecule has 228 valence electrons. The number of carbonyl (C=O) groups is 3. The zero-order valence-corrected chi connectivity index (χ0v) is 25.5. The maximum absolute atomic E-state index is 15.1. The number of anilines is 1. The van der Waals surface area contributed by atoms with Crippen LogP contribution >= 0.6 is 0 Å². The van der Waals surface area contributed by atoms with E-state index in [1.165, 1.54) is 4.90 Å². The van der Waals surface area contributed by atoms with Crippen LogP contribution in [0.4, 0.5) is 5.69 Å². The lowest BCUT2D eigenvalue weighted by Crippen LogP contribution is -2.57. The minimum atomic E-state index is -1.29. The number of likely N-dealkylation sites (tertiary alicyclic amines) is 1. The van der Waals surface area contributed by atoms with Gasteiger partial charge in [-0.15, -0.1) is 13.2 Å². The van der Waals surface area contributed by atoms with Gasteiger partial charge in [0.15, 0.2) is 0 Å². The fraction of sp³-hybridized carbons (Fsp3) is 0.457. The first kappa shape index (κ1) is 30.7. The van der Waals surface area contributed by atoms with E-state index < -0.39 is 47.7 Å². The Labute approximate surface area is 254 Å². The van der Waals surface area contributed by atoms with Gasteiger partial charge in [0.05, 0.1) is 30.8 Å². The third-order valence-electron chi connectivity index (χ3n) is 9.79. The summed E-state index contributed by atoms with van der Waals surface area (Å²) in [6, 6.07) is 13.1. The Bertz CT molecular complexity index is 1400. The zero-order valence-electron chi connectivity index (χ0n) is 25.5. The van der Waals surface area contributed by atoms with E-state index in [4.69, 9.17) is 9.47 Å². The molecule has 3 aliphatic rings. The number of aryl methyl sites for hydroxylation is 2. The highest BCUT2D eigenvalue weighted by Gasteiger charge is 2.81. The average molecular weight is 587 g/mol. The molecule has 2 amide bonds. The van der Waals surface area contributed by atoms with Gasteiger partial charge in [0.1, 0.15) is 17.6 Å². The number of rotatable bonds is 11. The van der Waals surface area contributed by atoms with Crippen molar-refractivity contribution < 1.29 is 29.0 Å². The van der Waals surface area contributed by atoms with E-state index in [1.54, 1.807) is 17.1 Å².